The van der Waals surface area contributed by atoms with Crippen LogP contribution in [0.2, 0.25) is 0 Å². The van der Waals surface area contributed by atoms with Crippen molar-refractivity contribution < 1.29 is 17.9 Å². The largest absolute Gasteiger partial charge is 0.488 e. The van der Waals surface area contributed by atoms with Crippen molar-refractivity contribution in [3.05, 3.63) is 42.4 Å². The maximum Gasteiger partial charge on any atom is 0.220 e. The topological polar surface area (TPSA) is 109 Å². The first-order valence-electron chi connectivity index (χ1n) is 12.9. The second-order valence-electron chi connectivity index (χ2n) is 10.4. The first-order valence-corrected chi connectivity index (χ1v) is 14.7. The quantitative estimate of drug-likeness (QED) is 0.505. The number of carbonyl (C=O) groups is 1. The number of hydrogen-bond donors (Lipinski definition) is 1. The zero-order valence-corrected chi connectivity index (χ0v) is 21.9. The third kappa shape index (κ3) is 4.89. The molecule has 0 bridgehead atoms. The minimum Gasteiger partial charge on any atom is -0.488 e. The highest BCUT2D eigenvalue weighted by Crippen LogP contribution is 2.44. The number of sulfonamides is 1. The van der Waals surface area contributed by atoms with Crippen LogP contribution in [-0.2, 0) is 14.8 Å². The highest BCUT2D eigenvalue weighted by molar-refractivity contribution is 7.88. The summed E-state index contributed by atoms with van der Waals surface area (Å²) in [6.07, 6.45) is 9.72. The Kier molecular flexibility index (Phi) is 6.07. The molecule has 1 amide bonds. The zero-order valence-electron chi connectivity index (χ0n) is 21.1. The average Bonchev–Trinajstić information content (AvgIpc) is 3.48. The van der Waals surface area contributed by atoms with E-state index in [1.807, 2.05) is 48.2 Å². The molecule has 3 aromatic heterocycles. The number of carbonyl (C=O) groups excluding carboxylic acids is 1. The number of aromatic nitrogens is 3. The van der Waals surface area contributed by atoms with Crippen molar-refractivity contribution in [3.63, 3.8) is 0 Å². The molecule has 1 aliphatic carbocycles. The molecule has 11 heteroatoms. The fourth-order valence-electron chi connectivity index (χ4n) is 5.31. The number of ether oxygens (including phenoxy) is 1. The van der Waals surface area contributed by atoms with E-state index in [4.69, 9.17) is 9.72 Å². The Balaban J connectivity index is 1.26. The molecule has 1 N–H and O–H groups in total. The Bertz CT molecular complexity index is 1430. The fraction of sp³-hybridized carbons (Fsp3) is 0.500. The molecule has 3 aliphatic rings. The molecule has 2 atom stereocenters. The number of piperazine rings is 1. The summed E-state index contributed by atoms with van der Waals surface area (Å²) >= 11 is 0. The number of amides is 1. The van der Waals surface area contributed by atoms with Gasteiger partial charge in [0.1, 0.15) is 17.4 Å². The van der Waals surface area contributed by atoms with Crippen LogP contribution in [0.3, 0.4) is 0 Å². The lowest BCUT2D eigenvalue weighted by Gasteiger charge is -2.34. The Morgan fingerprint density at radius 2 is 1.92 bits per heavy atom. The van der Waals surface area contributed by atoms with E-state index in [1.54, 1.807) is 0 Å². The van der Waals surface area contributed by atoms with Gasteiger partial charge in [-0.2, -0.15) is 9.40 Å². The zero-order chi connectivity index (χ0) is 25.7. The van der Waals surface area contributed by atoms with Crippen molar-refractivity contribution in [3.8, 4) is 17.0 Å². The maximum absolute atomic E-state index is 11.8. The standard InChI is InChI=1S/C26H32N6O4S/c1-17(19-12-25(33)28-13-19)36-24-11-20(16-32-26(24)22(15-29-32)18-3-4-18)23-6-5-21(14-27-23)30-7-9-31(10-8-30)37(2,34)35/h5-6,11,14-19H,3-4,7-10,12-13H2,1-2H3,(H,28,33)/t17-,19?/m1/s1. The summed E-state index contributed by atoms with van der Waals surface area (Å²) in [4.78, 5) is 18.6. The van der Waals surface area contributed by atoms with Crippen molar-refractivity contribution in [2.24, 2.45) is 5.92 Å². The molecule has 3 fully saturated rings. The van der Waals surface area contributed by atoms with Crippen LogP contribution >= 0.6 is 0 Å². The van der Waals surface area contributed by atoms with Gasteiger partial charge in [0.05, 0.1) is 30.0 Å². The lowest BCUT2D eigenvalue weighted by molar-refractivity contribution is -0.119. The van der Waals surface area contributed by atoms with Crippen molar-refractivity contribution >= 4 is 27.1 Å². The summed E-state index contributed by atoms with van der Waals surface area (Å²) in [5.41, 5.74) is 4.88. The van der Waals surface area contributed by atoms with Crippen LogP contribution in [0.15, 0.2) is 36.8 Å². The molecule has 1 unspecified atom stereocenters. The van der Waals surface area contributed by atoms with Gasteiger partial charge in [0.2, 0.25) is 15.9 Å². The van der Waals surface area contributed by atoms with E-state index in [2.05, 4.69) is 15.3 Å². The molecule has 3 aromatic rings. The summed E-state index contributed by atoms with van der Waals surface area (Å²) in [6, 6.07) is 6.05. The van der Waals surface area contributed by atoms with Crippen LogP contribution in [0.1, 0.15) is 37.7 Å². The monoisotopic (exact) mass is 524 g/mol. The number of nitrogens with zero attached hydrogens (tertiary/aromatic N) is 5. The van der Waals surface area contributed by atoms with Gasteiger partial charge in [-0.05, 0) is 43.9 Å². The van der Waals surface area contributed by atoms with Crippen LogP contribution in [0.5, 0.6) is 5.75 Å². The smallest absolute Gasteiger partial charge is 0.220 e. The Hall–Kier alpha value is -3.18. The van der Waals surface area contributed by atoms with Gasteiger partial charge in [-0.25, -0.2) is 12.9 Å². The molecular weight excluding hydrogens is 492 g/mol. The van der Waals surface area contributed by atoms with Crippen LogP contribution in [0.25, 0.3) is 16.8 Å². The van der Waals surface area contributed by atoms with E-state index in [-0.39, 0.29) is 17.9 Å². The first-order chi connectivity index (χ1) is 17.8. The van der Waals surface area contributed by atoms with Gasteiger partial charge in [0.25, 0.3) is 0 Å². The van der Waals surface area contributed by atoms with Gasteiger partial charge < -0.3 is 15.0 Å². The van der Waals surface area contributed by atoms with Gasteiger partial charge in [-0.1, -0.05) is 0 Å². The molecule has 2 aliphatic heterocycles. The predicted octanol–water partition coefficient (Wildman–Crippen LogP) is 2.26. The molecule has 0 aromatic carbocycles. The summed E-state index contributed by atoms with van der Waals surface area (Å²) in [5, 5.41) is 7.55. The molecule has 10 nitrogen and oxygen atoms in total. The maximum atomic E-state index is 11.8. The van der Waals surface area contributed by atoms with E-state index in [1.165, 1.54) is 29.0 Å². The van der Waals surface area contributed by atoms with E-state index in [9.17, 15) is 13.2 Å². The number of anilines is 1. The van der Waals surface area contributed by atoms with E-state index < -0.39 is 10.0 Å². The molecular formula is C26H32N6O4S. The average molecular weight is 525 g/mol. The molecule has 196 valence electrons. The highest BCUT2D eigenvalue weighted by Gasteiger charge is 2.31. The Morgan fingerprint density at radius 3 is 2.54 bits per heavy atom. The number of rotatable bonds is 7. The second-order valence-corrected chi connectivity index (χ2v) is 12.4. The SMILES string of the molecule is C[C@@H](Oc1cc(-c2ccc(N3CCN(S(C)(=O)=O)CC3)cn2)cn2ncc(C3CC3)c12)C1CNC(=O)C1. The van der Waals surface area contributed by atoms with Gasteiger partial charge in [0.15, 0.2) is 0 Å². The molecule has 37 heavy (non-hydrogen) atoms. The fourth-order valence-corrected chi connectivity index (χ4v) is 6.13. The molecule has 0 radical (unpaired) electrons. The minimum absolute atomic E-state index is 0.0735. The summed E-state index contributed by atoms with van der Waals surface area (Å²) in [6.45, 7) is 4.86. The third-order valence-corrected chi connectivity index (χ3v) is 9.03. The lowest BCUT2D eigenvalue weighted by atomic mass is 10.0. The normalized spacial score (nSPS) is 21.8. The highest BCUT2D eigenvalue weighted by atomic mass is 32.2. The number of pyridine rings is 2. The Labute approximate surface area is 216 Å². The number of hydrogen-bond acceptors (Lipinski definition) is 7. The molecule has 2 saturated heterocycles. The summed E-state index contributed by atoms with van der Waals surface area (Å²) in [7, 11) is -3.16. The van der Waals surface area contributed by atoms with Crippen LogP contribution < -0.4 is 15.0 Å². The summed E-state index contributed by atoms with van der Waals surface area (Å²) in [5.74, 6) is 1.50. The van der Waals surface area contributed by atoms with Crippen molar-refractivity contribution in [1.29, 1.82) is 0 Å². The third-order valence-electron chi connectivity index (χ3n) is 7.72. The van der Waals surface area contributed by atoms with E-state index >= 15 is 0 Å². The van der Waals surface area contributed by atoms with Crippen LogP contribution in [0, 0.1) is 5.92 Å². The lowest BCUT2D eigenvalue weighted by Crippen LogP contribution is -2.48. The van der Waals surface area contributed by atoms with Crippen molar-refractivity contribution in [1.82, 2.24) is 24.2 Å². The first kappa shape index (κ1) is 24.2. The molecule has 0 spiro atoms. The second kappa shape index (κ2) is 9.29. The van der Waals surface area contributed by atoms with E-state index in [0.29, 0.717) is 45.1 Å². The summed E-state index contributed by atoms with van der Waals surface area (Å²) < 4.78 is 33.5. The minimum atomic E-state index is -3.16. The van der Waals surface area contributed by atoms with Crippen LogP contribution in [0.4, 0.5) is 5.69 Å². The number of fused-ring (bicyclic) bond motifs is 1. The van der Waals surface area contributed by atoms with Gasteiger partial charge in [0, 0.05) is 62.4 Å². The van der Waals surface area contributed by atoms with Crippen molar-refractivity contribution in [2.75, 3.05) is 43.9 Å². The van der Waals surface area contributed by atoms with Gasteiger partial charge in [-0.3, -0.25) is 9.78 Å². The van der Waals surface area contributed by atoms with Gasteiger partial charge >= 0.3 is 0 Å². The molecule has 6 rings (SSSR count). The number of nitrogens with one attached hydrogen (secondary N) is 1. The van der Waals surface area contributed by atoms with Crippen LogP contribution in [-0.4, -0.2) is 78.3 Å². The Morgan fingerprint density at radius 1 is 1.14 bits per heavy atom. The molecule has 5 heterocycles. The van der Waals surface area contributed by atoms with Crippen molar-refractivity contribution in [2.45, 2.75) is 38.2 Å². The predicted molar refractivity (Wildman–Crippen MR) is 140 cm³/mol. The van der Waals surface area contributed by atoms with E-state index in [0.717, 1.165) is 28.2 Å². The van der Waals surface area contributed by atoms with Gasteiger partial charge in [-0.15, -0.1) is 0 Å². The molecule has 1 saturated carbocycles.